The predicted octanol–water partition coefficient (Wildman–Crippen LogP) is 3.97. The van der Waals surface area contributed by atoms with Gasteiger partial charge in [-0.25, -0.2) is 8.78 Å². The lowest BCUT2D eigenvalue weighted by molar-refractivity contribution is 0.0741. The zero-order valence-corrected chi connectivity index (χ0v) is 15.6. The molecule has 0 bridgehead atoms. The molecule has 0 unspecified atom stereocenters. The van der Waals surface area contributed by atoms with Gasteiger partial charge in [0.25, 0.3) is 5.91 Å². The molecule has 0 spiro atoms. The summed E-state index contributed by atoms with van der Waals surface area (Å²) in [6.45, 7) is 2.00. The molecule has 0 atom stereocenters. The third-order valence-electron chi connectivity index (χ3n) is 4.77. The van der Waals surface area contributed by atoms with Gasteiger partial charge in [-0.3, -0.25) is 9.89 Å². The number of aromatic amines is 1. The van der Waals surface area contributed by atoms with E-state index in [-0.39, 0.29) is 5.56 Å². The summed E-state index contributed by atoms with van der Waals surface area (Å²) >= 11 is 5.92. The number of rotatable bonds is 3. The SMILES string of the molecule is O=C(c1ccc(F)cc1F)N1CCN(c2cc(-c3ccc(Cl)cc3)[nH]n2)CC1. The van der Waals surface area contributed by atoms with Gasteiger partial charge in [-0.2, -0.15) is 5.10 Å². The molecule has 3 aromatic rings. The number of hydrogen-bond acceptors (Lipinski definition) is 3. The maximum Gasteiger partial charge on any atom is 0.256 e. The number of amides is 1. The van der Waals surface area contributed by atoms with Crippen molar-refractivity contribution in [3.8, 4) is 11.3 Å². The second-order valence-electron chi connectivity index (χ2n) is 6.55. The first-order valence-corrected chi connectivity index (χ1v) is 9.20. The Hall–Kier alpha value is -2.93. The van der Waals surface area contributed by atoms with Gasteiger partial charge in [-0.1, -0.05) is 23.7 Å². The highest BCUT2D eigenvalue weighted by atomic mass is 35.5. The van der Waals surface area contributed by atoms with Gasteiger partial charge in [-0.05, 0) is 29.8 Å². The third-order valence-corrected chi connectivity index (χ3v) is 5.02. The summed E-state index contributed by atoms with van der Waals surface area (Å²) in [5.74, 6) is -1.19. The fourth-order valence-corrected chi connectivity index (χ4v) is 3.35. The summed E-state index contributed by atoms with van der Waals surface area (Å²) in [5, 5.41) is 8.03. The quantitative estimate of drug-likeness (QED) is 0.721. The van der Waals surface area contributed by atoms with Crippen molar-refractivity contribution in [2.75, 3.05) is 31.1 Å². The average molecular weight is 403 g/mol. The minimum absolute atomic E-state index is 0.111. The maximum absolute atomic E-state index is 13.9. The summed E-state index contributed by atoms with van der Waals surface area (Å²) in [6.07, 6.45) is 0. The van der Waals surface area contributed by atoms with E-state index in [4.69, 9.17) is 11.6 Å². The van der Waals surface area contributed by atoms with Crippen LogP contribution in [0.5, 0.6) is 0 Å². The fraction of sp³-hybridized carbons (Fsp3) is 0.200. The lowest BCUT2D eigenvalue weighted by Crippen LogP contribution is -2.49. The Kier molecular flexibility index (Phi) is 5.00. The van der Waals surface area contributed by atoms with E-state index in [1.165, 1.54) is 6.07 Å². The molecule has 1 aliphatic rings. The van der Waals surface area contributed by atoms with Crippen LogP contribution < -0.4 is 4.90 Å². The predicted molar refractivity (Wildman–Crippen MR) is 104 cm³/mol. The third kappa shape index (κ3) is 3.71. The molecule has 2 heterocycles. The molecule has 8 heteroatoms. The summed E-state index contributed by atoms with van der Waals surface area (Å²) in [6, 6.07) is 12.4. The molecular weight excluding hydrogens is 386 g/mol. The number of hydrogen-bond donors (Lipinski definition) is 1. The van der Waals surface area contributed by atoms with Gasteiger partial charge in [-0.15, -0.1) is 0 Å². The van der Waals surface area contributed by atoms with Gasteiger partial charge in [0.1, 0.15) is 11.6 Å². The van der Waals surface area contributed by atoms with Gasteiger partial charge in [0.15, 0.2) is 5.82 Å². The number of H-pyrrole nitrogens is 1. The van der Waals surface area contributed by atoms with E-state index in [2.05, 4.69) is 15.1 Å². The normalized spacial score (nSPS) is 14.4. The number of benzene rings is 2. The summed E-state index contributed by atoms with van der Waals surface area (Å²) in [5.41, 5.74) is 1.74. The highest BCUT2D eigenvalue weighted by Crippen LogP contribution is 2.24. The summed E-state index contributed by atoms with van der Waals surface area (Å²) < 4.78 is 26.9. The second kappa shape index (κ2) is 7.59. The highest BCUT2D eigenvalue weighted by molar-refractivity contribution is 6.30. The second-order valence-corrected chi connectivity index (χ2v) is 6.99. The van der Waals surface area contributed by atoms with E-state index in [0.29, 0.717) is 31.2 Å². The number of piperazine rings is 1. The fourth-order valence-electron chi connectivity index (χ4n) is 3.22. The maximum atomic E-state index is 13.9. The number of aromatic nitrogens is 2. The zero-order chi connectivity index (χ0) is 19.7. The van der Waals surface area contributed by atoms with Crippen LogP contribution in [0, 0.1) is 11.6 Å². The molecule has 2 aromatic carbocycles. The zero-order valence-electron chi connectivity index (χ0n) is 14.8. The molecule has 5 nitrogen and oxygen atoms in total. The standard InChI is InChI=1S/C20H17ClF2N4O/c21-14-3-1-13(2-4-14)18-12-19(25-24-18)26-7-9-27(10-8-26)20(28)16-6-5-15(22)11-17(16)23/h1-6,11-12H,7-10H2,(H,24,25). The van der Waals surface area contributed by atoms with Gasteiger partial charge in [0, 0.05) is 43.3 Å². The first-order valence-electron chi connectivity index (χ1n) is 8.82. The molecule has 0 saturated carbocycles. The van der Waals surface area contributed by atoms with Crippen LogP contribution in [0.4, 0.5) is 14.6 Å². The van der Waals surface area contributed by atoms with Gasteiger partial charge in [0.2, 0.25) is 0 Å². The monoisotopic (exact) mass is 402 g/mol. The van der Waals surface area contributed by atoms with E-state index in [1.54, 1.807) is 4.90 Å². The number of nitrogens with zero attached hydrogens (tertiary/aromatic N) is 3. The van der Waals surface area contributed by atoms with Crippen molar-refractivity contribution in [1.82, 2.24) is 15.1 Å². The number of carbonyl (C=O) groups is 1. The molecule has 1 saturated heterocycles. The van der Waals surface area contributed by atoms with Crippen LogP contribution in [0.3, 0.4) is 0 Å². The largest absolute Gasteiger partial charge is 0.352 e. The van der Waals surface area contributed by atoms with Crippen molar-refractivity contribution in [1.29, 1.82) is 0 Å². The molecule has 1 fully saturated rings. The molecule has 28 heavy (non-hydrogen) atoms. The van der Waals surface area contributed by atoms with Crippen LogP contribution in [0.15, 0.2) is 48.5 Å². The Morgan fingerprint density at radius 3 is 2.39 bits per heavy atom. The van der Waals surface area contributed by atoms with Crippen molar-refractivity contribution in [2.45, 2.75) is 0 Å². The molecular formula is C20H17ClF2N4O. The molecule has 1 N–H and O–H groups in total. The summed E-state index contributed by atoms with van der Waals surface area (Å²) in [4.78, 5) is 16.1. The Bertz CT molecular complexity index is 998. The molecule has 1 aliphatic heterocycles. The van der Waals surface area contributed by atoms with E-state index >= 15 is 0 Å². The number of nitrogens with one attached hydrogen (secondary N) is 1. The number of carbonyl (C=O) groups excluding carboxylic acids is 1. The van der Waals surface area contributed by atoms with E-state index in [0.717, 1.165) is 29.2 Å². The highest BCUT2D eigenvalue weighted by Gasteiger charge is 2.25. The minimum atomic E-state index is -0.840. The van der Waals surface area contributed by atoms with Crippen LogP contribution in [-0.4, -0.2) is 47.2 Å². The smallest absolute Gasteiger partial charge is 0.256 e. The van der Waals surface area contributed by atoms with Gasteiger partial charge in [0.05, 0.1) is 11.3 Å². The van der Waals surface area contributed by atoms with E-state index in [9.17, 15) is 13.6 Å². The van der Waals surface area contributed by atoms with Crippen LogP contribution in [0.2, 0.25) is 5.02 Å². The minimum Gasteiger partial charge on any atom is -0.352 e. The van der Waals surface area contributed by atoms with Crippen LogP contribution in [0.1, 0.15) is 10.4 Å². The summed E-state index contributed by atoms with van der Waals surface area (Å²) in [7, 11) is 0. The lowest BCUT2D eigenvalue weighted by Gasteiger charge is -2.34. The lowest BCUT2D eigenvalue weighted by atomic mass is 10.1. The van der Waals surface area contributed by atoms with Crippen molar-refractivity contribution < 1.29 is 13.6 Å². The van der Waals surface area contributed by atoms with Crippen LogP contribution >= 0.6 is 11.6 Å². The molecule has 0 aliphatic carbocycles. The Labute approximate surface area is 165 Å². The van der Waals surface area contributed by atoms with Crippen molar-refractivity contribution in [3.63, 3.8) is 0 Å². The van der Waals surface area contributed by atoms with E-state index < -0.39 is 17.5 Å². The first-order chi connectivity index (χ1) is 13.5. The molecule has 4 rings (SSSR count). The van der Waals surface area contributed by atoms with Crippen molar-refractivity contribution in [2.24, 2.45) is 0 Å². The number of anilines is 1. The van der Waals surface area contributed by atoms with Crippen LogP contribution in [0.25, 0.3) is 11.3 Å². The Morgan fingerprint density at radius 2 is 1.71 bits per heavy atom. The average Bonchev–Trinajstić information content (AvgIpc) is 3.18. The molecule has 144 valence electrons. The topological polar surface area (TPSA) is 52.2 Å². The van der Waals surface area contributed by atoms with Crippen molar-refractivity contribution in [3.05, 3.63) is 70.8 Å². The van der Waals surface area contributed by atoms with E-state index in [1.807, 2.05) is 30.3 Å². The van der Waals surface area contributed by atoms with Gasteiger partial charge >= 0.3 is 0 Å². The number of halogens is 3. The Balaban J connectivity index is 1.41. The van der Waals surface area contributed by atoms with Crippen molar-refractivity contribution >= 4 is 23.3 Å². The molecule has 0 radical (unpaired) electrons. The molecule has 1 aromatic heterocycles. The van der Waals surface area contributed by atoms with Crippen LogP contribution in [-0.2, 0) is 0 Å². The van der Waals surface area contributed by atoms with Gasteiger partial charge < -0.3 is 9.80 Å². The Morgan fingerprint density at radius 1 is 1.00 bits per heavy atom. The first kappa shape index (κ1) is 18.4. The molecule has 1 amide bonds.